The Morgan fingerprint density at radius 3 is 2.40 bits per heavy atom. The SMILES string of the molecule is CCN(CC)C(C)(CC)C(NN)C1=CCCCCCC1. The number of nitrogens with zero attached hydrogens (tertiary/aromatic N) is 1. The van der Waals surface area contributed by atoms with Gasteiger partial charge in [-0.2, -0.15) is 0 Å². The number of nitrogens with one attached hydrogen (secondary N) is 1. The van der Waals surface area contributed by atoms with E-state index in [1.165, 1.54) is 44.1 Å². The molecule has 3 N–H and O–H groups in total. The van der Waals surface area contributed by atoms with E-state index in [4.69, 9.17) is 5.84 Å². The number of hydrazine groups is 1. The van der Waals surface area contributed by atoms with Crippen molar-refractivity contribution in [2.45, 2.75) is 84.2 Å². The number of hydrogen-bond donors (Lipinski definition) is 2. The summed E-state index contributed by atoms with van der Waals surface area (Å²) in [6.45, 7) is 11.3. The van der Waals surface area contributed by atoms with Gasteiger partial charge in [0.25, 0.3) is 0 Å². The minimum Gasteiger partial charge on any atom is -0.297 e. The monoisotopic (exact) mass is 281 g/mol. The zero-order valence-electron chi connectivity index (χ0n) is 14.0. The molecule has 2 atom stereocenters. The highest BCUT2D eigenvalue weighted by Crippen LogP contribution is 2.31. The Labute approximate surface area is 126 Å². The molecule has 0 aromatic heterocycles. The van der Waals surface area contributed by atoms with E-state index in [1.807, 2.05) is 0 Å². The van der Waals surface area contributed by atoms with E-state index in [2.05, 4.69) is 44.1 Å². The lowest BCUT2D eigenvalue weighted by atomic mass is 9.80. The highest BCUT2D eigenvalue weighted by molar-refractivity contribution is 5.19. The molecule has 0 aromatic rings. The van der Waals surface area contributed by atoms with Crippen LogP contribution in [0.5, 0.6) is 0 Å². The Morgan fingerprint density at radius 1 is 1.20 bits per heavy atom. The van der Waals surface area contributed by atoms with Crippen molar-refractivity contribution in [3.05, 3.63) is 11.6 Å². The van der Waals surface area contributed by atoms with Crippen LogP contribution < -0.4 is 11.3 Å². The predicted octanol–water partition coefficient (Wildman–Crippen LogP) is 3.61. The molecule has 0 amide bonds. The molecule has 0 aromatic carbocycles. The minimum atomic E-state index is 0.100. The maximum absolute atomic E-state index is 5.99. The van der Waals surface area contributed by atoms with Gasteiger partial charge in [0, 0.05) is 5.54 Å². The Bertz CT molecular complexity index is 297. The standard InChI is InChI=1S/C17H35N3/c1-5-17(4,20(6-2)7-3)16(19-18)15-13-11-9-8-10-12-14-15/h13,16,19H,5-12,14,18H2,1-4H3. The first kappa shape index (κ1) is 17.7. The summed E-state index contributed by atoms with van der Waals surface area (Å²) in [6, 6.07) is 0.269. The Morgan fingerprint density at radius 2 is 1.85 bits per heavy atom. The molecule has 0 saturated carbocycles. The fourth-order valence-corrected chi connectivity index (χ4v) is 3.72. The van der Waals surface area contributed by atoms with Crippen molar-refractivity contribution in [1.82, 2.24) is 10.3 Å². The minimum absolute atomic E-state index is 0.100. The molecule has 1 rings (SSSR count). The zero-order chi connectivity index (χ0) is 15.0. The molecule has 1 aliphatic carbocycles. The van der Waals surface area contributed by atoms with Crippen molar-refractivity contribution in [2.75, 3.05) is 13.1 Å². The van der Waals surface area contributed by atoms with Gasteiger partial charge in [-0.1, -0.05) is 45.3 Å². The summed E-state index contributed by atoms with van der Waals surface area (Å²) in [5.41, 5.74) is 4.78. The quantitative estimate of drug-likeness (QED) is 0.425. The fraction of sp³-hybridized carbons (Fsp3) is 0.882. The lowest BCUT2D eigenvalue weighted by molar-refractivity contribution is 0.0811. The molecular formula is C17H35N3. The summed E-state index contributed by atoms with van der Waals surface area (Å²) in [6.07, 6.45) is 11.4. The van der Waals surface area contributed by atoms with Crippen LogP contribution in [0.2, 0.25) is 0 Å². The molecule has 0 aliphatic heterocycles. The van der Waals surface area contributed by atoms with Crippen molar-refractivity contribution in [3.63, 3.8) is 0 Å². The Balaban J connectivity index is 3.00. The van der Waals surface area contributed by atoms with E-state index in [9.17, 15) is 0 Å². The number of likely N-dealkylation sites (N-methyl/N-ethyl adjacent to an activating group) is 1. The Hall–Kier alpha value is -0.380. The number of allylic oxidation sites excluding steroid dienone is 1. The average molecular weight is 281 g/mol. The molecule has 0 spiro atoms. The van der Waals surface area contributed by atoms with E-state index in [1.54, 1.807) is 0 Å². The summed E-state index contributed by atoms with van der Waals surface area (Å²) in [5.74, 6) is 5.99. The third-order valence-corrected chi connectivity index (χ3v) is 5.19. The van der Waals surface area contributed by atoms with E-state index >= 15 is 0 Å². The molecule has 0 heterocycles. The van der Waals surface area contributed by atoms with Gasteiger partial charge in [0.2, 0.25) is 0 Å². The molecule has 3 heteroatoms. The molecule has 2 unspecified atom stereocenters. The van der Waals surface area contributed by atoms with E-state index in [0.717, 1.165) is 19.5 Å². The van der Waals surface area contributed by atoms with Crippen molar-refractivity contribution < 1.29 is 0 Å². The van der Waals surface area contributed by atoms with E-state index in [-0.39, 0.29) is 11.6 Å². The molecule has 0 saturated heterocycles. The molecule has 118 valence electrons. The first-order valence-electron chi connectivity index (χ1n) is 8.54. The van der Waals surface area contributed by atoms with Crippen molar-refractivity contribution in [3.8, 4) is 0 Å². The third-order valence-electron chi connectivity index (χ3n) is 5.19. The van der Waals surface area contributed by atoms with Crippen molar-refractivity contribution in [2.24, 2.45) is 5.84 Å². The highest BCUT2D eigenvalue weighted by Gasteiger charge is 2.38. The third kappa shape index (κ3) is 4.06. The molecular weight excluding hydrogens is 246 g/mol. The Kier molecular flexibility index (Phi) is 7.78. The van der Waals surface area contributed by atoms with Crippen LogP contribution in [0.4, 0.5) is 0 Å². The zero-order valence-corrected chi connectivity index (χ0v) is 14.0. The van der Waals surface area contributed by atoms with Gasteiger partial charge in [-0.15, -0.1) is 0 Å². The van der Waals surface area contributed by atoms with Gasteiger partial charge in [0.1, 0.15) is 0 Å². The van der Waals surface area contributed by atoms with E-state index < -0.39 is 0 Å². The van der Waals surface area contributed by atoms with Gasteiger partial charge in [0.15, 0.2) is 0 Å². The molecule has 1 aliphatic rings. The van der Waals surface area contributed by atoms with Crippen LogP contribution in [0.3, 0.4) is 0 Å². The van der Waals surface area contributed by atoms with Gasteiger partial charge in [-0.05, 0) is 52.1 Å². The van der Waals surface area contributed by atoms with Gasteiger partial charge >= 0.3 is 0 Å². The predicted molar refractivity (Wildman–Crippen MR) is 88.5 cm³/mol. The molecule has 3 nitrogen and oxygen atoms in total. The number of rotatable bonds is 7. The summed E-state index contributed by atoms with van der Waals surface area (Å²) in [7, 11) is 0. The molecule has 20 heavy (non-hydrogen) atoms. The second-order valence-corrected chi connectivity index (χ2v) is 6.21. The van der Waals surface area contributed by atoms with Crippen LogP contribution in [0.15, 0.2) is 11.6 Å². The van der Waals surface area contributed by atoms with Crippen LogP contribution in [-0.4, -0.2) is 29.6 Å². The largest absolute Gasteiger partial charge is 0.297 e. The lowest BCUT2D eigenvalue weighted by Gasteiger charge is -2.46. The highest BCUT2D eigenvalue weighted by atomic mass is 15.3. The summed E-state index contributed by atoms with van der Waals surface area (Å²) in [5, 5.41) is 0. The van der Waals surface area contributed by atoms with Gasteiger partial charge < -0.3 is 0 Å². The second-order valence-electron chi connectivity index (χ2n) is 6.21. The van der Waals surface area contributed by atoms with Gasteiger partial charge in [-0.3, -0.25) is 16.2 Å². The second kappa shape index (κ2) is 8.81. The smallest absolute Gasteiger partial charge is 0.0601 e. The van der Waals surface area contributed by atoms with Gasteiger partial charge in [0.05, 0.1) is 6.04 Å². The van der Waals surface area contributed by atoms with Crippen LogP contribution >= 0.6 is 0 Å². The fourth-order valence-electron chi connectivity index (χ4n) is 3.72. The maximum Gasteiger partial charge on any atom is 0.0601 e. The van der Waals surface area contributed by atoms with E-state index in [0.29, 0.717) is 0 Å². The summed E-state index contributed by atoms with van der Waals surface area (Å²) in [4.78, 5) is 2.55. The maximum atomic E-state index is 5.99. The number of hydrogen-bond acceptors (Lipinski definition) is 3. The van der Waals surface area contributed by atoms with Crippen molar-refractivity contribution >= 4 is 0 Å². The topological polar surface area (TPSA) is 41.3 Å². The lowest BCUT2D eigenvalue weighted by Crippen LogP contribution is -2.61. The van der Waals surface area contributed by atoms with Crippen LogP contribution in [0, 0.1) is 0 Å². The summed E-state index contributed by atoms with van der Waals surface area (Å²) >= 11 is 0. The van der Waals surface area contributed by atoms with Crippen molar-refractivity contribution in [1.29, 1.82) is 0 Å². The van der Waals surface area contributed by atoms with Crippen LogP contribution in [0.25, 0.3) is 0 Å². The first-order valence-corrected chi connectivity index (χ1v) is 8.54. The normalized spacial score (nSPS) is 21.8. The first-order chi connectivity index (χ1) is 9.63. The van der Waals surface area contributed by atoms with Crippen LogP contribution in [-0.2, 0) is 0 Å². The average Bonchev–Trinajstić information content (AvgIpc) is 2.42. The summed E-state index contributed by atoms with van der Waals surface area (Å²) < 4.78 is 0. The number of nitrogens with two attached hydrogens (primary N) is 1. The molecule has 0 bridgehead atoms. The molecule has 0 fully saturated rings. The van der Waals surface area contributed by atoms with Gasteiger partial charge in [-0.25, -0.2) is 0 Å². The van der Waals surface area contributed by atoms with Crippen LogP contribution in [0.1, 0.15) is 72.6 Å². The molecule has 0 radical (unpaired) electrons.